The normalized spacial score (nSPS) is 15.6. The Labute approximate surface area is 156 Å². The predicted molar refractivity (Wildman–Crippen MR) is 104 cm³/mol. The quantitative estimate of drug-likeness (QED) is 0.699. The summed E-state index contributed by atoms with van der Waals surface area (Å²) in [6.07, 6.45) is 1.62. The highest BCUT2D eigenvalue weighted by molar-refractivity contribution is 7.17. The van der Waals surface area contributed by atoms with Gasteiger partial charge in [-0.3, -0.25) is 0 Å². The van der Waals surface area contributed by atoms with Crippen molar-refractivity contribution in [1.82, 2.24) is 14.9 Å². The van der Waals surface area contributed by atoms with Gasteiger partial charge in [0.2, 0.25) is 0 Å². The van der Waals surface area contributed by atoms with Crippen LogP contribution in [-0.4, -0.2) is 54.7 Å². The Morgan fingerprint density at radius 2 is 1.96 bits per heavy atom. The lowest BCUT2D eigenvalue weighted by atomic mass is 10.0. The number of nitrogens with zero attached hydrogens (tertiary/aromatic N) is 4. The third kappa shape index (κ3) is 3.01. The highest BCUT2D eigenvalue weighted by atomic mass is 32.1. The molecule has 5 nitrogen and oxygen atoms in total. The van der Waals surface area contributed by atoms with Gasteiger partial charge in [0.15, 0.2) is 0 Å². The maximum Gasteiger partial charge on any atom is 0.141 e. The third-order valence-electron chi connectivity index (χ3n) is 4.92. The van der Waals surface area contributed by atoms with Crippen molar-refractivity contribution in [2.45, 2.75) is 6.92 Å². The SMILES string of the molecule is CCN1CCN(c2ncnc3scc(-c4cc(F)ccc4OC)c23)CC1. The second kappa shape index (κ2) is 7.17. The number of hydrogen-bond donors (Lipinski definition) is 0. The van der Waals surface area contributed by atoms with Gasteiger partial charge in [0, 0.05) is 42.7 Å². The van der Waals surface area contributed by atoms with Crippen LogP contribution in [-0.2, 0) is 0 Å². The number of hydrogen-bond acceptors (Lipinski definition) is 6. The Hall–Kier alpha value is -2.25. The van der Waals surface area contributed by atoms with Crippen molar-refractivity contribution in [3.63, 3.8) is 0 Å². The second-order valence-electron chi connectivity index (χ2n) is 6.29. The Kier molecular flexibility index (Phi) is 4.74. The predicted octanol–water partition coefficient (Wildman–Crippen LogP) is 3.65. The summed E-state index contributed by atoms with van der Waals surface area (Å²) < 4.78 is 19.4. The van der Waals surface area contributed by atoms with E-state index in [1.54, 1.807) is 30.8 Å². The number of aromatic nitrogens is 2. The van der Waals surface area contributed by atoms with E-state index < -0.39 is 0 Å². The van der Waals surface area contributed by atoms with Crippen LogP contribution in [0.15, 0.2) is 29.9 Å². The zero-order valence-electron chi connectivity index (χ0n) is 14.9. The van der Waals surface area contributed by atoms with Crippen LogP contribution in [0.5, 0.6) is 5.75 Å². The van der Waals surface area contributed by atoms with E-state index in [1.165, 1.54) is 12.1 Å². The monoisotopic (exact) mass is 372 g/mol. The van der Waals surface area contributed by atoms with E-state index in [4.69, 9.17) is 4.74 Å². The highest BCUT2D eigenvalue weighted by Crippen LogP contribution is 2.41. The average Bonchev–Trinajstić information content (AvgIpc) is 3.12. The molecule has 7 heteroatoms. The number of likely N-dealkylation sites (N-methyl/N-ethyl adjacent to an activating group) is 1. The summed E-state index contributed by atoms with van der Waals surface area (Å²) in [5.74, 6) is 1.29. The van der Waals surface area contributed by atoms with Gasteiger partial charge in [0.25, 0.3) is 0 Å². The minimum Gasteiger partial charge on any atom is -0.496 e. The van der Waals surface area contributed by atoms with E-state index >= 15 is 0 Å². The topological polar surface area (TPSA) is 41.5 Å². The largest absolute Gasteiger partial charge is 0.496 e. The molecule has 0 aliphatic carbocycles. The minimum atomic E-state index is -0.282. The molecule has 0 radical (unpaired) electrons. The standard InChI is InChI=1S/C19H21FN4OS/c1-3-23-6-8-24(9-7-23)18-17-15(11-26-19(17)22-12-21-18)14-10-13(20)4-5-16(14)25-2/h4-5,10-12H,3,6-9H2,1-2H3. The summed E-state index contributed by atoms with van der Waals surface area (Å²) >= 11 is 1.55. The van der Waals surface area contributed by atoms with Crippen molar-refractivity contribution in [3.8, 4) is 16.9 Å². The molecule has 0 spiro atoms. The number of piperazine rings is 1. The molecule has 0 atom stereocenters. The first kappa shape index (κ1) is 17.2. The van der Waals surface area contributed by atoms with Gasteiger partial charge in [-0.15, -0.1) is 11.3 Å². The molecule has 1 saturated heterocycles. The Balaban J connectivity index is 1.82. The zero-order valence-corrected chi connectivity index (χ0v) is 15.7. The van der Waals surface area contributed by atoms with E-state index in [0.717, 1.165) is 59.9 Å². The van der Waals surface area contributed by atoms with Crippen molar-refractivity contribution in [3.05, 3.63) is 35.7 Å². The number of benzene rings is 1. The van der Waals surface area contributed by atoms with Crippen molar-refractivity contribution in [2.75, 3.05) is 44.7 Å². The fourth-order valence-corrected chi connectivity index (χ4v) is 4.37. The van der Waals surface area contributed by atoms with Crippen molar-refractivity contribution >= 4 is 27.4 Å². The van der Waals surface area contributed by atoms with Gasteiger partial charge in [-0.25, -0.2) is 14.4 Å². The van der Waals surface area contributed by atoms with Gasteiger partial charge in [-0.1, -0.05) is 6.92 Å². The van der Waals surface area contributed by atoms with Crippen LogP contribution in [0.3, 0.4) is 0 Å². The average molecular weight is 372 g/mol. The van der Waals surface area contributed by atoms with E-state index in [0.29, 0.717) is 5.75 Å². The molecule has 1 aliphatic heterocycles. The third-order valence-corrected chi connectivity index (χ3v) is 5.81. The fourth-order valence-electron chi connectivity index (χ4n) is 3.46. The molecule has 0 bridgehead atoms. The summed E-state index contributed by atoms with van der Waals surface area (Å²) in [6, 6.07) is 4.60. The zero-order chi connectivity index (χ0) is 18.1. The van der Waals surface area contributed by atoms with Crippen molar-refractivity contribution < 1.29 is 9.13 Å². The van der Waals surface area contributed by atoms with Gasteiger partial charge in [0.1, 0.15) is 28.5 Å². The Bertz CT molecular complexity index is 921. The molecule has 136 valence electrons. The van der Waals surface area contributed by atoms with E-state index in [2.05, 4.69) is 26.7 Å². The first-order valence-corrected chi connectivity index (χ1v) is 9.62. The molecule has 3 aromatic rings. The lowest BCUT2D eigenvalue weighted by molar-refractivity contribution is 0.271. The number of thiophene rings is 1. The van der Waals surface area contributed by atoms with Crippen LogP contribution in [0.2, 0.25) is 0 Å². The van der Waals surface area contributed by atoms with Gasteiger partial charge in [0.05, 0.1) is 12.5 Å². The number of methoxy groups -OCH3 is 1. The van der Waals surface area contributed by atoms with Crippen molar-refractivity contribution in [2.24, 2.45) is 0 Å². The van der Waals surface area contributed by atoms with Crippen LogP contribution in [0.1, 0.15) is 6.92 Å². The van der Waals surface area contributed by atoms with Crippen LogP contribution >= 0.6 is 11.3 Å². The van der Waals surface area contributed by atoms with Gasteiger partial charge >= 0.3 is 0 Å². The second-order valence-corrected chi connectivity index (χ2v) is 7.15. The first-order valence-electron chi connectivity index (χ1n) is 8.74. The number of fused-ring (bicyclic) bond motifs is 1. The summed E-state index contributed by atoms with van der Waals surface area (Å²) in [4.78, 5) is 14.7. The number of anilines is 1. The summed E-state index contributed by atoms with van der Waals surface area (Å²) in [6.45, 7) is 7.14. The van der Waals surface area contributed by atoms with Gasteiger partial charge in [-0.05, 0) is 24.7 Å². The summed E-state index contributed by atoms with van der Waals surface area (Å²) in [5.41, 5.74) is 1.66. The van der Waals surface area contributed by atoms with E-state index in [-0.39, 0.29) is 5.82 Å². The molecule has 0 saturated carbocycles. The summed E-state index contributed by atoms with van der Waals surface area (Å²) in [7, 11) is 1.60. The molecular formula is C19H21FN4OS. The van der Waals surface area contributed by atoms with Crippen LogP contribution in [0.4, 0.5) is 10.2 Å². The fraction of sp³-hybridized carbons (Fsp3) is 0.368. The molecule has 1 fully saturated rings. The van der Waals surface area contributed by atoms with Crippen LogP contribution < -0.4 is 9.64 Å². The van der Waals surface area contributed by atoms with Gasteiger partial charge in [-0.2, -0.15) is 0 Å². The highest BCUT2D eigenvalue weighted by Gasteiger charge is 2.23. The number of ether oxygens (including phenoxy) is 1. The first-order chi connectivity index (χ1) is 12.7. The Morgan fingerprint density at radius 3 is 2.69 bits per heavy atom. The molecule has 1 aromatic carbocycles. The summed E-state index contributed by atoms with van der Waals surface area (Å²) in [5, 5.41) is 2.99. The van der Waals surface area contributed by atoms with Crippen LogP contribution in [0.25, 0.3) is 21.3 Å². The minimum absolute atomic E-state index is 0.282. The molecule has 2 aromatic heterocycles. The lowest BCUT2D eigenvalue weighted by Gasteiger charge is -2.35. The Morgan fingerprint density at radius 1 is 1.15 bits per heavy atom. The molecule has 3 heterocycles. The number of rotatable bonds is 4. The van der Waals surface area contributed by atoms with Crippen LogP contribution in [0, 0.1) is 5.82 Å². The lowest BCUT2D eigenvalue weighted by Crippen LogP contribution is -2.46. The molecule has 26 heavy (non-hydrogen) atoms. The van der Waals surface area contributed by atoms with E-state index in [1.807, 2.05) is 5.38 Å². The molecular weight excluding hydrogens is 351 g/mol. The molecule has 0 amide bonds. The maximum absolute atomic E-state index is 13.9. The molecule has 1 aliphatic rings. The van der Waals surface area contributed by atoms with Gasteiger partial charge < -0.3 is 14.5 Å². The number of halogens is 1. The van der Waals surface area contributed by atoms with E-state index in [9.17, 15) is 4.39 Å². The maximum atomic E-state index is 13.9. The van der Waals surface area contributed by atoms with Crippen molar-refractivity contribution in [1.29, 1.82) is 0 Å². The molecule has 0 unspecified atom stereocenters. The molecule has 4 rings (SSSR count). The molecule has 0 N–H and O–H groups in total. The smallest absolute Gasteiger partial charge is 0.141 e.